The van der Waals surface area contributed by atoms with Crippen molar-refractivity contribution in [1.29, 1.82) is 0 Å². The van der Waals surface area contributed by atoms with Gasteiger partial charge in [-0.05, 0) is 41.5 Å². The molecular weight excluding hydrogens is 428 g/mol. The normalized spacial score (nSPS) is 24.9. The lowest BCUT2D eigenvalue weighted by Gasteiger charge is -2.39. The van der Waals surface area contributed by atoms with E-state index in [1.54, 1.807) is 0 Å². The Balaban J connectivity index is 1.30. The fourth-order valence-electron chi connectivity index (χ4n) is 4.53. The van der Waals surface area contributed by atoms with Crippen LogP contribution >= 0.6 is 15.9 Å². The van der Waals surface area contributed by atoms with Gasteiger partial charge in [-0.15, -0.1) is 0 Å². The van der Waals surface area contributed by atoms with Gasteiger partial charge in [-0.25, -0.2) is 0 Å². The smallest absolute Gasteiger partial charge is 0.139 e. The summed E-state index contributed by atoms with van der Waals surface area (Å²) >= 11 is 3.53. The summed E-state index contributed by atoms with van der Waals surface area (Å²) in [5.41, 5.74) is 5.37. The van der Waals surface area contributed by atoms with Crippen molar-refractivity contribution >= 4 is 21.6 Å². The van der Waals surface area contributed by atoms with Crippen LogP contribution in [0.2, 0.25) is 0 Å². The van der Waals surface area contributed by atoms with Gasteiger partial charge in [0.25, 0.3) is 0 Å². The maximum Gasteiger partial charge on any atom is 0.139 e. The Bertz CT molecular complexity index is 879. The number of nitrogens with zero attached hydrogens (tertiary/aromatic N) is 2. The van der Waals surface area contributed by atoms with Crippen molar-refractivity contribution in [2.24, 2.45) is 0 Å². The first-order chi connectivity index (χ1) is 14.3. The first-order valence-electron chi connectivity index (χ1n) is 10.4. The quantitative estimate of drug-likeness (QED) is 0.734. The highest BCUT2D eigenvalue weighted by Crippen LogP contribution is 2.33. The molecule has 5 nitrogen and oxygen atoms in total. The molecule has 0 saturated carbocycles. The monoisotopic (exact) mass is 454 g/mol. The molecule has 1 aromatic carbocycles. The molecule has 2 N–H and O–H groups in total. The molecule has 1 atom stereocenters. The molecule has 0 aromatic heterocycles. The number of fused-ring (bicyclic) bond motifs is 2. The summed E-state index contributed by atoms with van der Waals surface area (Å²) in [6.07, 6.45) is 8.98. The van der Waals surface area contributed by atoms with Gasteiger partial charge >= 0.3 is 0 Å². The minimum absolute atomic E-state index is 0.172. The average molecular weight is 455 g/mol. The topological polar surface area (TPSA) is 39.8 Å². The van der Waals surface area contributed by atoms with Crippen LogP contribution in [0.25, 0.3) is 0 Å². The van der Waals surface area contributed by atoms with Crippen molar-refractivity contribution in [3.8, 4) is 0 Å². The van der Waals surface area contributed by atoms with Crippen molar-refractivity contribution in [2.45, 2.75) is 6.04 Å². The summed E-state index contributed by atoms with van der Waals surface area (Å²) in [5.74, 6) is 1.10. The van der Waals surface area contributed by atoms with Gasteiger partial charge in [0.05, 0.1) is 6.04 Å². The van der Waals surface area contributed by atoms with E-state index in [1.807, 2.05) is 0 Å². The highest BCUT2D eigenvalue weighted by molar-refractivity contribution is 9.10. The number of hydrogen-bond acceptors (Lipinski definition) is 5. The second-order valence-electron chi connectivity index (χ2n) is 7.91. The molecule has 0 amide bonds. The van der Waals surface area contributed by atoms with Crippen molar-refractivity contribution in [3.63, 3.8) is 0 Å². The third-order valence-electron chi connectivity index (χ3n) is 6.06. The molecule has 29 heavy (non-hydrogen) atoms. The maximum atomic E-state index is 5.99. The molecule has 4 aliphatic rings. The van der Waals surface area contributed by atoms with Gasteiger partial charge in [0.2, 0.25) is 0 Å². The number of ether oxygens (including phenoxy) is 1. The molecular formula is C23H27BrN4O. The van der Waals surface area contributed by atoms with E-state index in [0.717, 1.165) is 56.0 Å². The van der Waals surface area contributed by atoms with Gasteiger partial charge in [0.15, 0.2) is 0 Å². The Hall–Kier alpha value is -1.86. The number of rotatable bonds is 3. The standard InChI is InChI=1S/C23H27BrN4O/c24-19-4-6-20(7-5-19)28-11-9-27(10-12-28)15-18-13-17-14-25-16-29-23(17)22-21(18)3-1-2-8-26-22/h1-7,13,22,25-26H,8-12,14-16H2. The minimum Gasteiger partial charge on any atom is -0.480 e. The SMILES string of the molecule is Brc1ccc(N2CCN(CC3=CC4=C(OCNC4)C4NCC=CC=C34)CC2)cc1. The molecule has 5 rings (SSSR count). The number of hydrogen-bond donors (Lipinski definition) is 2. The van der Waals surface area contributed by atoms with E-state index in [4.69, 9.17) is 4.74 Å². The number of piperazine rings is 1. The van der Waals surface area contributed by atoms with E-state index in [1.165, 1.54) is 22.4 Å². The van der Waals surface area contributed by atoms with Crippen LogP contribution in [-0.2, 0) is 4.74 Å². The highest BCUT2D eigenvalue weighted by Gasteiger charge is 2.32. The van der Waals surface area contributed by atoms with Crippen LogP contribution in [-0.4, -0.2) is 63.5 Å². The van der Waals surface area contributed by atoms with Crippen LogP contribution in [0.5, 0.6) is 0 Å². The lowest BCUT2D eigenvalue weighted by molar-refractivity contribution is 0.154. The Kier molecular flexibility index (Phi) is 5.59. The minimum atomic E-state index is 0.172. The van der Waals surface area contributed by atoms with Crippen LogP contribution in [0.3, 0.4) is 0 Å². The molecule has 3 heterocycles. The number of benzene rings is 1. The van der Waals surface area contributed by atoms with Crippen molar-refractivity contribution in [3.05, 3.63) is 75.5 Å². The van der Waals surface area contributed by atoms with E-state index in [2.05, 4.69) is 84.9 Å². The van der Waals surface area contributed by atoms with Gasteiger partial charge < -0.3 is 15.0 Å². The predicted octanol–water partition coefficient (Wildman–Crippen LogP) is 2.80. The molecule has 152 valence electrons. The fourth-order valence-corrected chi connectivity index (χ4v) is 4.80. The van der Waals surface area contributed by atoms with Crippen molar-refractivity contribution in [2.75, 3.05) is 57.4 Å². The van der Waals surface area contributed by atoms with E-state index < -0.39 is 0 Å². The zero-order valence-electron chi connectivity index (χ0n) is 16.5. The van der Waals surface area contributed by atoms with E-state index in [0.29, 0.717) is 6.73 Å². The van der Waals surface area contributed by atoms with E-state index >= 15 is 0 Å². The molecule has 1 aromatic rings. The number of nitrogens with one attached hydrogen (secondary N) is 2. The second kappa shape index (κ2) is 8.48. The van der Waals surface area contributed by atoms with Gasteiger partial charge in [-0.2, -0.15) is 0 Å². The van der Waals surface area contributed by atoms with Crippen LogP contribution in [0.15, 0.2) is 75.5 Å². The predicted molar refractivity (Wildman–Crippen MR) is 121 cm³/mol. The Labute approximate surface area is 180 Å². The Morgan fingerprint density at radius 2 is 1.93 bits per heavy atom. The summed E-state index contributed by atoms with van der Waals surface area (Å²) in [6.45, 7) is 7.63. The molecule has 3 aliphatic heterocycles. The third-order valence-corrected chi connectivity index (χ3v) is 6.59. The lowest BCUT2D eigenvalue weighted by Crippen LogP contribution is -2.48. The number of anilines is 1. The highest BCUT2D eigenvalue weighted by atomic mass is 79.9. The summed E-state index contributed by atoms with van der Waals surface area (Å²) in [7, 11) is 0. The molecule has 1 fully saturated rings. The Morgan fingerprint density at radius 1 is 1.10 bits per heavy atom. The average Bonchev–Trinajstić information content (AvgIpc) is 3.02. The fraction of sp³-hybridized carbons (Fsp3) is 0.391. The summed E-state index contributed by atoms with van der Waals surface area (Å²) in [6, 6.07) is 8.82. The largest absolute Gasteiger partial charge is 0.480 e. The van der Waals surface area contributed by atoms with Crippen LogP contribution < -0.4 is 15.5 Å². The summed E-state index contributed by atoms with van der Waals surface area (Å²) in [4.78, 5) is 5.06. The second-order valence-corrected chi connectivity index (χ2v) is 8.82. The zero-order chi connectivity index (χ0) is 19.6. The lowest BCUT2D eigenvalue weighted by atomic mass is 9.87. The first kappa shape index (κ1) is 19.1. The van der Waals surface area contributed by atoms with Gasteiger partial charge in [0.1, 0.15) is 12.5 Å². The molecule has 0 radical (unpaired) electrons. The van der Waals surface area contributed by atoms with Crippen molar-refractivity contribution in [1.82, 2.24) is 15.5 Å². The van der Waals surface area contributed by atoms with Crippen molar-refractivity contribution < 1.29 is 4.74 Å². The van der Waals surface area contributed by atoms with Gasteiger partial charge in [0, 0.05) is 61.5 Å². The van der Waals surface area contributed by atoms with Crippen LogP contribution in [0, 0.1) is 0 Å². The summed E-state index contributed by atoms with van der Waals surface area (Å²) in [5, 5.41) is 6.98. The zero-order valence-corrected chi connectivity index (χ0v) is 18.1. The molecule has 6 heteroatoms. The number of halogens is 1. The number of allylic oxidation sites excluding steroid dienone is 2. The van der Waals surface area contributed by atoms with E-state index in [9.17, 15) is 0 Å². The molecule has 1 unspecified atom stereocenters. The van der Waals surface area contributed by atoms with E-state index in [-0.39, 0.29) is 6.04 Å². The molecule has 0 spiro atoms. The Morgan fingerprint density at radius 3 is 2.76 bits per heavy atom. The first-order valence-corrected chi connectivity index (χ1v) is 11.2. The molecule has 1 aliphatic carbocycles. The maximum absolute atomic E-state index is 5.99. The molecule has 1 saturated heterocycles. The summed E-state index contributed by atoms with van der Waals surface area (Å²) < 4.78 is 7.12. The third kappa shape index (κ3) is 4.08. The van der Waals surface area contributed by atoms with Gasteiger partial charge in [-0.1, -0.05) is 34.2 Å². The van der Waals surface area contributed by atoms with Gasteiger partial charge in [-0.3, -0.25) is 10.2 Å². The van der Waals surface area contributed by atoms with Crippen LogP contribution in [0.1, 0.15) is 0 Å². The molecule has 0 bridgehead atoms. The van der Waals surface area contributed by atoms with Crippen LogP contribution in [0.4, 0.5) is 5.69 Å².